The molecule has 4 heterocycles. The standard InChI is InChI=1S/C23H24N4O2S.ClH/c1-14-8-15(12-27-5-6-29-23(2,3)13-27)9-17-20(14)25-21(26-22(17)28)18-10-19-16(11-24-18)4-7-30-19;/h4,7-11H,5-6,12-13H2,1-3H3,(H,25,26,28);1H. The van der Waals surface area contributed by atoms with Gasteiger partial charge in [0.05, 0.1) is 23.1 Å². The van der Waals surface area contributed by atoms with Crippen LogP contribution in [0.4, 0.5) is 0 Å². The number of fused-ring (bicyclic) bond motifs is 2. The minimum Gasteiger partial charge on any atom is -0.373 e. The molecule has 0 aliphatic carbocycles. The maximum atomic E-state index is 12.9. The Morgan fingerprint density at radius 1 is 1.29 bits per heavy atom. The molecule has 0 bridgehead atoms. The van der Waals surface area contributed by atoms with E-state index in [1.54, 1.807) is 11.3 Å². The smallest absolute Gasteiger partial charge is 0.259 e. The quantitative estimate of drug-likeness (QED) is 0.490. The molecule has 0 unspecified atom stereocenters. The maximum Gasteiger partial charge on any atom is 0.259 e. The van der Waals surface area contributed by atoms with Gasteiger partial charge in [-0.1, -0.05) is 6.07 Å². The highest BCUT2D eigenvalue weighted by atomic mass is 35.5. The number of nitrogens with one attached hydrogen (secondary N) is 1. The maximum absolute atomic E-state index is 12.9. The van der Waals surface area contributed by atoms with Crippen LogP contribution < -0.4 is 5.56 Å². The second-order valence-electron chi connectivity index (χ2n) is 8.57. The summed E-state index contributed by atoms with van der Waals surface area (Å²) in [6.45, 7) is 9.53. The average molecular weight is 457 g/mol. The van der Waals surface area contributed by atoms with Crippen LogP contribution in [0, 0.1) is 6.92 Å². The fourth-order valence-corrected chi connectivity index (χ4v) is 4.99. The Bertz CT molecular complexity index is 1310. The average Bonchev–Trinajstić information content (AvgIpc) is 3.16. The highest BCUT2D eigenvalue weighted by Gasteiger charge is 2.27. The van der Waals surface area contributed by atoms with Crippen molar-refractivity contribution in [1.82, 2.24) is 19.9 Å². The first-order valence-corrected chi connectivity index (χ1v) is 11.0. The first-order valence-electron chi connectivity index (χ1n) is 10.1. The van der Waals surface area contributed by atoms with Gasteiger partial charge in [-0.05, 0) is 55.5 Å². The van der Waals surface area contributed by atoms with Crippen molar-refractivity contribution in [3.8, 4) is 11.5 Å². The van der Waals surface area contributed by atoms with Gasteiger partial charge in [0.15, 0.2) is 5.82 Å². The zero-order valence-electron chi connectivity index (χ0n) is 17.8. The number of ether oxygens (including phenoxy) is 1. The van der Waals surface area contributed by atoms with E-state index in [0.717, 1.165) is 53.0 Å². The molecule has 1 saturated heterocycles. The van der Waals surface area contributed by atoms with Crippen LogP contribution in [0.1, 0.15) is 25.0 Å². The number of benzene rings is 1. The Balaban J connectivity index is 0.00000231. The van der Waals surface area contributed by atoms with Crippen LogP contribution in [-0.4, -0.2) is 45.1 Å². The number of halogens is 1. The van der Waals surface area contributed by atoms with E-state index >= 15 is 0 Å². The Hall–Kier alpha value is -2.32. The lowest BCUT2D eigenvalue weighted by Crippen LogP contribution is -2.47. The van der Waals surface area contributed by atoms with Crippen LogP contribution in [0.5, 0.6) is 0 Å². The minimum atomic E-state index is -0.144. The Morgan fingerprint density at radius 3 is 2.94 bits per heavy atom. The number of aryl methyl sites for hydroxylation is 1. The Labute approximate surface area is 190 Å². The number of thiophene rings is 1. The van der Waals surface area contributed by atoms with Crippen LogP contribution in [-0.2, 0) is 11.3 Å². The third-order valence-electron chi connectivity index (χ3n) is 5.55. The van der Waals surface area contributed by atoms with E-state index in [9.17, 15) is 4.79 Å². The van der Waals surface area contributed by atoms with Crippen LogP contribution in [0.25, 0.3) is 32.5 Å². The molecule has 3 aromatic heterocycles. The molecule has 1 aromatic carbocycles. The van der Waals surface area contributed by atoms with Crippen molar-refractivity contribution in [1.29, 1.82) is 0 Å². The number of morpholine rings is 1. The molecule has 6 nitrogen and oxygen atoms in total. The summed E-state index contributed by atoms with van der Waals surface area (Å²) in [6, 6.07) is 8.12. The van der Waals surface area contributed by atoms with Crippen molar-refractivity contribution in [3.05, 3.63) is 57.3 Å². The molecular formula is C23H25ClN4O2S. The molecule has 0 atom stereocenters. The molecule has 1 aliphatic heterocycles. The summed E-state index contributed by atoms with van der Waals surface area (Å²) in [5.74, 6) is 0.508. The van der Waals surface area contributed by atoms with E-state index in [1.807, 2.05) is 36.7 Å². The van der Waals surface area contributed by atoms with Crippen LogP contribution in [0.3, 0.4) is 0 Å². The highest BCUT2D eigenvalue weighted by molar-refractivity contribution is 7.17. The Morgan fingerprint density at radius 2 is 2.13 bits per heavy atom. The van der Waals surface area contributed by atoms with Gasteiger partial charge in [-0.15, -0.1) is 23.7 Å². The number of nitrogens with zero attached hydrogens (tertiary/aromatic N) is 3. The van der Waals surface area contributed by atoms with E-state index in [-0.39, 0.29) is 23.6 Å². The summed E-state index contributed by atoms with van der Waals surface area (Å²) in [5, 5.41) is 3.76. The number of rotatable bonds is 3. The summed E-state index contributed by atoms with van der Waals surface area (Å²) in [5.41, 5.74) is 3.26. The fraction of sp³-hybridized carbons (Fsp3) is 0.348. The van der Waals surface area contributed by atoms with E-state index in [2.05, 4.69) is 34.8 Å². The normalized spacial score (nSPS) is 16.5. The van der Waals surface area contributed by atoms with Crippen molar-refractivity contribution >= 4 is 44.7 Å². The lowest BCUT2D eigenvalue weighted by molar-refractivity contribution is -0.0882. The van der Waals surface area contributed by atoms with Crippen molar-refractivity contribution in [2.45, 2.75) is 32.9 Å². The van der Waals surface area contributed by atoms with Crippen LogP contribution in [0.2, 0.25) is 0 Å². The number of aromatic amines is 1. The van der Waals surface area contributed by atoms with E-state index < -0.39 is 0 Å². The molecule has 1 N–H and O–H groups in total. The first-order chi connectivity index (χ1) is 14.4. The van der Waals surface area contributed by atoms with E-state index in [1.165, 1.54) is 0 Å². The van der Waals surface area contributed by atoms with Crippen molar-refractivity contribution in [2.24, 2.45) is 0 Å². The van der Waals surface area contributed by atoms with Crippen LogP contribution >= 0.6 is 23.7 Å². The zero-order chi connectivity index (χ0) is 20.9. The number of hydrogen-bond donors (Lipinski definition) is 1. The summed E-state index contributed by atoms with van der Waals surface area (Å²) in [7, 11) is 0. The summed E-state index contributed by atoms with van der Waals surface area (Å²) >= 11 is 1.65. The van der Waals surface area contributed by atoms with Gasteiger partial charge in [-0.25, -0.2) is 4.98 Å². The second-order valence-corrected chi connectivity index (χ2v) is 9.52. The van der Waals surface area contributed by atoms with Gasteiger partial charge < -0.3 is 9.72 Å². The minimum absolute atomic E-state index is 0. The second kappa shape index (κ2) is 8.31. The SMILES string of the molecule is Cc1cc(CN2CCOC(C)(C)C2)cc2c(=O)[nH]c(-c3cc4sccc4cn3)nc12.Cl. The molecule has 0 radical (unpaired) electrons. The molecule has 4 aromatic rings. The molecule has 1 fully saturated rings. The molecular weight excluding hydrogens is 432 g/mol. The molecule has 162 valence electrons. The number of aromatic nitrogens is 3. The molecule has 31 heavy (non-hydrogen) atoms. The summed E-state index contributed by atoms with van der Waals surface area (Å²) < 4.78 is 6.94. The predicted octanol–water partition coefficient (Wildman–Crippen LogP) is 4.54. The molecule has 0 saturated carbocycles. The fourth-order valence-electron chi connectivity index (χ4n) is 4.20. The number of pyridine rings is 1. The van der Waals surface area contributed by atoms with Gasteiger partial charge in [0.2, 0.25) is 0 Å². The lowest BCUT2D eigenvalue weighted by Gasteiger charge is -2.38. The zero-order valence-corrected chi connectivity index (χ0v) is 19.4. The number of H-pyrrole nitrogens is 1. The van der Waals surface area contributed by atoms with Crippen molar-refractivity contribution < 1.29 is 4.74 Å². The lowest BCUT2D eigenvalue weighted by atomic mass is 10.0. The van der Waals surface area contributed by atoms with Crippen molar-refractivity contribution in [2.75, 3.05) is 19.7 Å². The van der Waals surface area contributed by atoms with Gasteiger partial charge in [0, 0.05) is 35.9 Å². The molecule has 5 rings (SSSR count). The molecule has 0 spiro atoms. The monoisotopic (exact) mass is 456 g/mol. The van der Waals surface area contributed by atoms with Gasteiger partial charge in [-0.2, -0.15) is 0 Å². The van der Waals surface area contributed by atoms with E-state index in [0.29, 0.717) is 16.9 Å². The van der Waals surface area contributed by atoms with Gasteiger partial charge >= 0.3 is 0 Å². The largest absolute Gasteiger partial charge is 0.373 e. The molecule has 0 amide bonds. The van der Waals surface area contributed by atoms with E-state index in [4.69, 9.17) is 9.72 Å². The third-order valence-corrected chi connectivity index (χ3v) is 6.43. The predicted molar refractivity (Wildman–Crippen MR) is 128 cm³/mol. The third kappa shape index (κ3) is 4.36. The van der Waals surface area contributed by atoms with Gasteiger partial charge in [0.1, 0.15) is 5.69 Å². The summed E-state index contributed by atoms with van der Waals surface area (Å²) in [4.78, 5) is 27.5. The summed E-state index contributed by atoms with van der Waals surface area (Å²) in [6.07, 6.45) is 1.82. The first kappa shape index (κ1) is 21.9. The molecule has 1 aliphatic rings. The number of hydrogen-bond acceptors (Lipinski definition) is 6. The highest BCUT2D eigenvalue weighted by Crippen LogP contribution is 2.26. The van der Waals surface area contributed by atoms with Crippen LogP contribution in [0.15, 0.2) is 40.6 Å². The Kier molecular flexibility index (Phi) is 5.87. The van der Waals surface area contributed by atoms with Crippen molar-refractivity contribution in [3.63, 3.8) is 0 Å². The topological polar surface area (TPSA) is 71.1 Å². The molecule has 8 heteroatoms. The van der Waals surface area contributed by atoms with Gasteiger partial charge in [-0.3, -0.25) is 14.7 Å². The van der Waals surface area contributed by atoms with Gasteiger partial charge in [0.25, 0.3) is 5.56 Å².